The minimum Gasteiger partial charge on any atom is -0.466 e. The van der Waals surface area contributed by atoms with Gasteiger partial charge in [0.05, 0.1) is 12.0 Å². The SMILES string of the molecule is CCOC(=O)C(C)(C)CCO. The molecule has 11 heavy (non-hydrogen) atoms. The Morgan fingerprint density at radius 1 is 1.55 bits per heavy atom. The van der Waals surface area contributed by atoms with E-state index in [2.05, 4.69) is 0 Å². The first-order valence-electron chi connectivity index (χ1n) is 3.82. The summed E-state index contributed by atoms with van der Waals surface area (Å²) in [6.07, 6.45) is 0.450. The van der Waals surface area contributed by atoms with E-state index in [1.165, 1.54) is 0 Å². The summed E-state index contributed by atoms with van der Waals surface area (Å²) < 4.78 is 4.81. The maximum Gasteiger partial charge on any atom is 0.311 e. The van der Waals surface area contributed by atoms with Gasteiger partial charge in [0.15, 0.2) is 0 Å². The highest BCUT2D eigenvalue weighted by molar-refractivity contribution is 5.75. The third kappa shape index (κ3) is 3.37. The molecule has 0 aliphatic heterocycles. The van der Waals surface area contributed by atoms with E-state index < -0.39 is 5.41 Å². The van der Waals surface area contributed by atoms with Crippen LogP contribution >= 0.6 is 0 Å². The number of hydrogen-bond acceptors (Lipinski definition) is 3. The molecule has 0 saturated heterocycles. The van der Waals surface area contributed by atoms with Gasteiger partial charge >= 0.3 is 5.97 Å². The molecule has 0 aliphatic rings. The first-order chi connectivity index (χ1) is 5.04. The largest absolute Gasteiger partial charge is 0.466 e. The Hall–Kier alpha value is -0.570. The zero-order chi connectivity index (χ0) is 8.91. The van der Waals surface area contributed by atoms with E-state index >= 15 is 0 Å². The second-order valence-corrected chi connectivity index (χ2v) is 3.08. The second kappa shape index (κ2) is 4.34. The average Bonchev–Trinajstić information content (AvgIpc) is 1.88. The van der Waals surface area contributed by atoms with Crippen molar-refractivity contribution in [2.24, 2.45) is 5.41 Å². The summed E-state index contributed by atoms with van der Waals surface area (Å²) in [4.78, 5) is 11.1. The van der Waals surface area contributed by atoms with Crippen LogP contribution < -0.4 is 0 Å². The van der Waals surface area contributed by atoms with Crippen LogP contribution in [-0.4, -0.2) is 24.3 Å². The zero-order valence-electron chi connectivity index (χ0n) is 7.39. The fourth-order valence-corrected chi connectivity index (χ4v) is 0.708. The molecular formula is C8H16O3. The van der Waals surface area contributed by atoms with Crippen LogP contribution in [0.25, 0.3) is 0 Å². The molecule has 0 amide bonds. The standard InChI is InChI=1S/C8H16O3/c1-4-11-7(10)8(2,3)5-6-9/h9H,4-6H2,1-3H3. The predicted octanol–water partition coefficient (Wildman–Crippen LogP) is 0.958. The van der Waals surface area contributed by atoms with Gasteiger partial charge < -0.3 is 9.84 Å². The van der Waals surface area contributed by atoms with Crippen LogP contribution in [0.15, 0.2) is 0 Å². The van der Waals surface area contributed by atoms with E-state index in [-0.39, 0.29) is 12.6 Å². The lowest BCUT2D eigenvalue weighted by Crippen LogP contribution is -2.27. The molecule has 0 unspecified atom stereocenters. The molecule has 0 atom stereocenters. The number of aliphatic hydroxyl groups excluding tert-OH is 1. The van der Waals surface area contributed by atoms with Crippen LogP contribution in [0.2, 0.25) is 0 Å². The molecule has 0 aromatic rings. The predicted molar refractivity (Wildman–Crippen MR) is 42.1 cm³/mol. The topological polar surface area (TPSA) is 46.5 Å². The molecule has 0 aliphatic carbocycles. The fourth-order valence-electron chi connectivity index (χ4n) is 0.708. The molecule has 1 N–H and O–H groups in total. The van der Waals surface area contributed by atoms with Crippen LogP contribution in [0.5, 0.6) is 0 Å². The Kier molecular flexibility index (Phi) is 4.11. The van der Waals surface area contributed by atoms with E-state index in [0.29, 0.717) is 13.0 Å². The van der Waals surface area contributed by atoms with Crippen molar-refractivity contribution in [1.82, 2.24) is 0 Å². The van der Waals surface area contributed by atoms with Crippen molar-refractivity contribution in [1.29, 1.82) is 0 Å². The molecule has 0 bridgehead atoms. The Morgan fingerprint density at radius 2 is 2.09 bits per heavy atom. The molecular weight excluding hydrogens is 144 g/mol. The minimum atomic E-state index is -0.551. The molecule has 3 nitrogen and oxygen atoms in total. The van der Waals surface area contributed by atoms with E-state index in [1.54, 1.807) is 20.8 Å². The smallest absolute Gasteiger partial charge is 0.311 e. The van der Waals surface area contributed by atoms with Crippen molar-refractivity contribution >= 4 is 5.97 Å². The average molecular weight is 160 g/mol. The minimum absolute atomic E-state index is 0.0197. The molecule has 0 saturated carbocycles. The first kappa shape index (κ1) is 10.4. The van der Waals surface area contributed by atoms with E-state index in [9.17, 15) is 4.79 Å². The number of esters is 1. The number of carbonyl (C=O) groups excluding carboxylic acids is 1. The summed E-state index contributed by atoms with van der Waals surface area (Å²) >= 11 is 0. The van der Waals surface area contributed by atoms with Crippen LogP contribution in [0.3, 0.4) is 0 Å². The Morgan fingerprint density at radius 3 is 2.45 bits per heavy atom. The van der Waals surface area contributed by atoms with Crippen molar-refractivity contribution in [3.63, 3.8) is 0 Å². The lowest BCUT2D eigenvalue weighted by molar-refractivity contribution is -0.154. The maximum absolute atomic E-state index is 11.1. The lowest BCUT2D eigenvalue weighted by Gasteiger charge is -2.20. The number of rotatable bonds is 4. The molecule has 0 heterocycles. The summed E-state index contributed by atoms with van der Waals surface area (Å²) in [5.41, 5.74) is -0.551. The maximum atomic E-state index is 11.1. The quantitative estimate of drug-likeness (QED) is 0.623. The highest BCUT2D eigenvalue weighted by atomic mass is 16.5. The summed E-state index contributed by atoms with van der Waals surface area (Å²) in [5, 5.41) is 8.61. The number of aliphatic hydroxyl groups is 1. The van der Waals surface area contributed by atoms with E-state index in [1.807, 2.05) is 0 Å². The summed E-state index contributed by atoms with van der Waals surface area (Å²) in [5.74, 6) is -0.242. The molecule has 0 aromatic carbocycles. The Balaban J connectivity index is 3.94. The van der Waals surface area contributed by atoms with Crippen LogP contribution in [-0.2, 0) is 9.53 Å². The first-order valence-corrected chi connectivity index (χ1v) is 3.82. The van der Waals surface area contributed by atoms with Gasteiger partial charge in [0.1, 0.15) is 0 Å². The lowest BCUT2D eigenvalue weighted by atomic mass is 9.90. The zero-order valence-corrected chi connectivity index (χ0v) is 7.39. The summed E-state index contributed by atoms with van der Waals surface area (Å²) in [6.45, 7) is 5.72. The Bertz CT molecular complexity index is 129. The van der Waals surface area contributed by atoms with E-state index in [0.717, 1.165) is 0 Å². The monoisotopic (exact) mass is 160 g/mol. The van der Waals surface area contributed by atoms with Gasteiger partial charge in [-0.2, -0.15) is 0 Å². The molecule has 0 fully saturated rings. The summed E-state index contributed by atoms with van der Waals surface area (Å²) in [7, 11) is 0. The molecule has 3 heteroatoms. The Labute approximate surface area is 67.4 Å². The van der Waals surface area contributed by atoms with Gasteiger partial charge in [-0.15, -0.1) is 0 Å². The highest BCUT2D eigenvalue weighted by Crippen LogP contribution is 2.21. The van der Waals surface area contributed by atoms with Gasteiger partial charge in [0.2, 0.25) is 0 Å². The molecule has 0 aromatic heterocycles. The van der Waals surface area contributed by atoms with Gasteiger partial charge in [-0.25, -0.2) is 0 Å². The number of carbonyl (C=O) groups is 1. The molecule has 0 radical (unpaired) electrons. The molecule has 0 spiro atoms. The van der Waals surface area contributed by atoms with Crippen molar-refractivity contribution in [3.05, 3.63) is 0 Å². The van der Waals surface area contributed by atoms with Crippen molar-refractivity contribution in [3.8, 4) is 0 Å². The third-order valence-electron chi connectivity index (χ3n) is 1.56. The third-order valence-corrected chi connectivity index (χ3v) is 1.56. The van der Waals surface area contributed by atoms with Gasteiger partial charge in [-0.05, 0) is 27.2 Å². The van der Waals surface area contributed by atoms with Crippen molar-refractivity contribution in [2.45, 2.75) is 27.2 Å². The van der Waals surface area contributed by atoms with Crippen LogP contribution in [0.4, 0.5) is 0 Å². The fraction of sp³-hybridized carbons (Fsp3) is 0.875. The van der Waals surface area contributed by atoms with Crippen molar-refractivity contribution in [2.75, 3.05) is 13.2 Å². The normalized spacial score (nSPS) is 11.3. The highest BCUT2D eigenvalue weighted by Gasteiger charge is 2.27. The van der Waals surface area contributed by atoms with Gasteiger partial charge in [-0.3, -0.25) is 4.79 Å². The van der Waals surface area contributed by atoms with Crippen LogP contribution in [0, 0.1) is 5.41 Å². The van der Waals surface area contributed by atoms with Gasteiger partial charge in [-0.1, -0.05) is 0 Å². The molecule has 0 rings (SSSR count). The second-order valence-electron chi connectivity index (χ2n) is 3.08. The summed E-state index contributed by atoms with van der Waals surface area (Å²) in [6, 6.07) is 0. The van der Waals surface area contributed by atoms with Gasteiger partial charge in [0.25, 0.3) is 0 Å². The van der Waals surface area contributed by atoms with Gasteiger partial charge in [0, 0.05) is 6.61 Å². The molecule has 66 valence electrons. The van der Waals surface area contributed by atoms with Crippen LogP contribution in [0.1, 0.15) is 27.2 Å². The number of hydrogen-bond donors (Lipinski definition) is 1. The van der Waals surface area contributed by atoms with Crippen molar-refractivity contribution < 1.29 is 14.6 Å². The van der Waals surface area contributed by atoms with E-state index in [4.69, 9.17) is 9.84 Å². The number of ether oxygens (including phenoxy) is 1.